The third-order valence-electron chi connectivity index (χ3n) is 5.43. The number of carbonyl (C=O) groups excluding carboxylic acids is 2. The third-order valence-corrected chi connectivity index (χ3v) is 6.64. The van der Waals surface area contributed by atoms with Crippen LogP contribution < -0.4 is 15.0 Å². The molecule has 5 nitrogen and oxygen atoms in total. The molecule has 160 valence electrons. The summed E-state index contributed by atoms with van der Waals surface area (Å²) in [5, 5.41) is 2.95. The maximum Gasteiger partial charge on any atom is 0.238 e. The maximum absolute atomic E-state index is 12.6. The van der Waals surface area contributed by atoms with E-state index in [1.165, 1.54) is 0 Å². The standard InChI is InChI=1S/C24H30N2O3S/c1-4-6-8-17(5-2)23(28)25-19-13-11-18(12-14-19)24-26(22(27)16-30-24)20-9-7-10-21(15-20)29-3/h7,9-15,17,24H,4-6,8,16H2,1-3H3,(H,25,28). The van der Waals surface area contributed by atoms with Crippen molar-refractivity contribution >= 4 is 35.0 Å². The smallest absolute Gasteiger partial charge is 0.238 e. The first-order chi connectivity index (χ1) is 14.6. The van der Waals surface area contributed by atoms with Gasteiger partial charge >= 0.3 is 0 Å². The highest BCUT2D eigenvalue weighted by atomic mass is 32.2. The second-order valence-electron chi connectivity index (χ2n) is 7.49. The number of unbranched alkanes of at least 4 members (excludes halogenated alkanes) is 1. The van der Waals surface area contributed by atoms with Crippen molar-refractivity contribution in [2.24, 2.45) is 5.92 Å². The Kier molecular flexibility index (Phi) is 7.80. The fraction of sp³-hybridized carbons (Fsp3) is 0.417. The van der Waals surface area contributed by atoms with Crippen LogP contribution in [0.15, 0.2) is 48.5 Å². The van der Waals surface area contributed by atoms with Crippen molar-refractivity contribution in [2.45, 2.75) is 44.9 Å². The van der Waals surface area contributed by atoms with E-state index < -0.39 is 0 Å². The van der Waals surface area contributed by atoms with Crippen LogP contribution in [-0.2, 0) is 9.59 Å². The van der Waals surface area contributed by atoms with E-state index in [-0.39, 0.29) is 23.1 Å². The second-order valence-corrected chi connectivity index (χ2v) is 8.56. The highest BCUT2D eigenvalue weighted by Crippen LogP contribution is 2.42. The molecule has 3 rings (SSSR count). The Morgan fingerprint density at radius 2 is 2.00 bits per heavy atom. The molecule has 1 aliphatic heterocycles. The average Bonchev–Trinajstić information content (AvgIpc) is 3.16. The minimum absolute atomic E-state index is 0.0520. The summed E-state index contributed by atoms with van der Waals surface area (Å²) in [6.45, 7) is 4.20. The van der Waals surface area contributed by atoms with Gasteiger partial charge in [0.2, 0.25) is 11.8 Å². The van der Waals surface area contributed by atoms with E-state index in [0.29, 0.717) is 5.75 Å². The van der Waals surface area contributed by atoms with Gasteiger partial charge < -0.3 is 10.1 Å². The molecule has 2 aromatic rings. The number of hydrogen-bond acceptors (Lipinski definition) is 4. The lowest BCUT2D eigenvalue weighted by Gasteiger charge is -2.25. The molecule has 6 heteroatoms. The Morgan fingerprint density at radius 3 is 2.67 bits per heavy atom. The lowest BCUT2D eigenvalue weighted by molar-refractivity contribution is -0.120. The highest BCUT2D eigenvalue weighted by Gasteiger charge is 2.34. The zero-order valence-electron chi connectivity index (χ0n) is 17.9. The Morgan fingerprint density at radius 1 is 1.23 bits per heavy atom. The van der Waals surface area contributed by atoms with E-state index in [2.05, 4.69) is 19.2 Å². The first-order valence-electron chi connectivity index (χ1n) is 10.6. The molecule has 0 radical (unpaired) electrons. The van der Waals surface area contributed by atoms with Crippen LogP contribution in [0.4, 0.5) is 11.4 Å². The number of carbonyl (C=O) groups is 2. The van der Waals surface area contributed by atoms with Crippen molar-refractivity contribution in [1.82, 2.24) is 0 Å². The summed E-state index contributed by atoms with van der Waals surface area (Å²) < 4.78 is 5.31. The Hall–Kier alpha value is -2.47. The predicted molar refractivity (Wildman–Crippen MR) is 124 cm³/mol. The van der Waals surface area contributed by atoms with Crippen LogP contribution in [0, 0.1) is 5.92 Å². The van der Waals surface area contributed by atoms with Crippen molar-refractivity contribution in [3.8, 4) is 5.75 Å². The quantitative estimate of drug-likeness (QED) is 0.565. The van der Waals surface area contributed by atoms with Crippen molar-refractivity contribution < 1.29 is 14.3 Å². The van der Waals surface area contributed by atoms with Crippen molar-refractivity contribution in [1.29, 1.82) is 0 Å². The zero-order valence-corrected chi connectivity index (χ0v) is 18.7. The van der Waals surface area contributed by atoms with Gasteiger partial charge in [-0.1, -0.05) is 44.9 Å². The molecule has 0 aromatic heterocycles. The van der Waals surface area contributed by atoms with Crippen molar-refractivity contribution in [3.05, 3.63) is 54.1 Å². The van der Waals surface area contributed by atoms with Gasteiger partial charge in [-0.05, 0) is 42.7 Å². The van der Waals surface area contributed by atoms with E-state index in [1.807, 2.05) is 53.4 Å². The van der Waals surface area contributed by atoms with Crippen LogP contribution >= 0.6 is 11.8 Å². The molecule has 0 bridgehead atoms. The fourth-order valence-electron chi connectivity index (χ4n) is 3.66. The number of amides is 2. The van der Waals surface area contributed by atoms with Crippen molar-refractivity contribution in [3.63, 3.8) is 0 Å². The number of anilines is 2. The van der Waals surface area contributed by atoms with Gasteiger partial charge in [-0.15, -0.1) is 11.8 Å². The first kappa shape index (κ1) is 22.2. The normalized spacial score (nSPS) is 17.1. The number of nitrogens with one attached hydrogen (secondary N) is 1. The van der Waals surface area contributed by atoms with E-state index >= 15 is 0 Å². The minimum atomic E-state index is -0.0951. The van der Waals surface area contributed by atoms with E-state index in [0.717, 1.165) is 48.4 Å². The lowest BCUT2D eigenvalue weighted by Crippen LogP contribution is -2.27. The number of hydrogen-bond donors (Lipinski definition) is 1. The molecule has 1 fully saturated rings. The summed E-state index contributed by atoms with van der Waals surface area (Å²) in [5.41, 5.74) is 2.65. The number of rotatable bonds is 9. The Bertz CT molecular complexity index is 869. The molecule has 0 spiro atoms. The van der Waals surface area contributed by atoms with Crippen LogP contribution in [0.5, 0.6) is 5.75 Å². The van der Waals surface area contributed by atoms with E-state index in [1.54, 1.807) is 18.9 Å². The summed E-state index contributed by atoms with van der Waals surface area (Å²) >= 11 is 1.61. The second kappa shape index (κ2) is 10.5. The van der Waals surface area contributed by atoms with Gasteiger partial charge in [0.05, 0.1) is 12.9 Å². The van der Waals surface area contributed by atoms with Crippen LogP contribution in [0.2, 0.25) is 0 Å². The summed E-state index contributed by atoms with van der Waals surface area (Å²) in [6.07, 6.45) is 3.94. The molecule has 2 atom stereocenters. The molecule has 0 aliphatic carbocycles. The van der Waals surface area contributed by atoms with Gasteiger partial charge in [-0.3, -0.25) is 14.5 Å². The number of ether oxygens (including phenoxy) is 1. The molecule has 30 heavy (non-hydrogen) atoms. The van der Waals surface area contributed by atoms with Gasteiger partial charge in [0.25, 0.3) is 0 Å². The topological polar surface area (TPSA) is 58.6 Å². The molecule has 0 saturated carbocycles. The number of methoxy groups -OCH3 is 1. The largest absolute Gasteiger partial charge is 0.497 e. The molecule has 2 unspecified atom stereocenters. The summed E-state index contributed by atoms with van der Waals surface area (Å²) in [6, 6.07) is 15.4. The summed E-state index contributed by atoms with van der Waals surface area (Å²) in [5.74, 6) is 1.38. The summed E-state index contributed by atoms with van der Waals surface area (Å²) in [7, 11) is 1.62. The average molecular weight is 427 g/mol. The Balaban J connectivity index is 1.73. The van der Waals surface area contributed by atoms with Gasteiger partial charge in [0.1, 0.15) is 11.1 Å². The van der Waals surface area contributed by atoms with E-state index in [4.69, 9.17) is 4.74 Å². The summed E-state index contributed by atoms with van der Waals surface area (Å²) in [4.78, 5) is 26.9. The number of benzene rings is 2. The van der Waals surface area contributed by atoms with Gasteiger partial charge in [-0.25, -0.2) is 0 Å². The molecule has 1 N–H and O–H groups in total. The monoisotopic (exact) mass is 426 g/mol. The molecule has 1 saturated heterocycles. The first-order valence-corrected chi connectivity index (χ1v) is 11.6. The lowest BCUT2D eigenvalue weighted by atomic mass is 9.98. The van der Waals surface area contributed by atoms with Crippen LogP contribution in [-0.4, -0.2) is 24.7 Å². The van der Waals surface area contributed by atoms with Crippen LogP contribution in [0.25, 0.3) is 0 Å². The Labute approximate surface area is 183 Å². The van der Waals surface area contributed by atoms with Gasteiger partial charge in [-0.2, -0.15) is 0 Å². The van der Waals surface area contributed by atoms with Gasteiger partial charge in [0, 0.05) is 23.4 Å². The molecule has 2 aromatic carbocycles. The minimum Gasteiger partial charge on any atom is -0.497 e. The zero-order chi connectivity index (χ0) is 21.5. The third kappa shape index (κ3) is 5.17. The SMILES string of the molecule is CCCCC(CC)C(=O)Nc1ccc(C2SCC(=O)N2c2cccc(OC)c2)cc1. The molecule has 1 heterocycles. The van der Waals surface area contributed by atoms with Crippen LogP contribution in [0.3, 0.4) is 0 Å². The fourth-order valence-corrected chi connectivity index (χ4v) is 4.83. The van der Waals surface area contributed by atoms with Crippen LogP contribution in [0.1, 0.15) is 50.5 Å². The number of thioether (sulfide) groups is 1. The van der Waals surface area contributed by atoms with Gasteiger partial charge in [0.15, 0.2) is 0 Å². The number of nitrogens with zero attached hydrogens (tertiary/aromatic N) is 1. The predicted octanol–water partition coefficient (Wildman–Crippen LogP) is 5.63. The molecular weight excluding hydrogens is 396 g/mol. The maximum atomic E-state index is 12.6. The van der Waals surface area contributed by atoms with E-state index in [9.17, 15) is 9.59 Å². The molecule has 2 amide bonds. The highest BCUT2D eigenvalue weighted by molar-refractivity contribution is 8.00. The molecule has 1 aliphatic rings. The van der Waals surface area contributed by atoms with Crippen molar-refractivity contribution in [2.75, 3.05) is 23.1 Å². The molecular formula is C24H30N2O3S.